The quantitative estimate of drug-likeness (QED) is 0.0262. The van der Waals surface area contributed by atoms with Gasteiger partial charge in [0.1, 0.15) is 13.2 Å². The van der Waals surface area contributed by atoms with Crippen molar-refractivity contribution >= 4 is 17.9 Å². The van der Waals surface area contributed by atoms with Crippen LogP contribution in [0.5, 0.6) is 0 Å². The van der Waals surface area contributed by atoms with Crippen molar-refractivity contribution in [2.75, 3.05) is 13.2 Å². The van der Waals surface area contributed by atoms with Crippen molar-refractivity contribution in [2.24, 2.45) is 0 Å². The van der Waals surface area contributed by atoms with Gasteiger partial charge in [0.2, 0.25) is 0 Å². The Balaban J connectivity index is 4.44. The maximum atomic E-state index is 12.8. The number of carbonyl (C=O) groups excluding carboxylic acids is 3. The van der Waals surface area contributed by atoms with Gasteiger partial charge in [-0.2, -0.15) is 0 Å². The Labute approximate surface area is 401 Å². The van der Waals surface area contributed by atoms with E-state index < -0.39 is 6.10 Å². The standard InChI is InChI=1S/C59H100O6/c1-4-7-10-13-16-19-22-25-28-29-30-31-32-35-37-40-43-46-49-52-58(61)64-55-56(65-59(62)53-50-47-44-41-38-34-27-24-21-18-15-12-9-6-3)54-63-57(60)51-48-45-42-39-36-33-26-23-20-17-14-11-8-5-2/h14-19,23-28,30-31,56H,4-13,20-22,29,32-55H2,1-3H3/b17-14-,18-15-,19-16-,26-23-,27-24-,28-25-,31-30-/t56-/m1/s1. The fraction of sp³-hybridized carbons (Fsp3) is 0.712. The van der Waals surface area contributed by atoms with Crippen molar-refractivity contribution in [3.63, 3.8) is 0 Å². The van der Waals surface area contributed by atoms with Gasteiger partial charge in [-0.25, -0.2) is 0 Å². The van der Waals surface area contributed by atoms with E-state index in [1.165, 1.54) is 83.5 Å². The second-order valence-corrected chi connectivity index (χ2v) is 17.8. The summed E-state index contributed by atoms with van der Waals surface area (Å²) in [5.41, 5.74) is 0. The van der Waals surface area contributed by atoms with Crippen LogP contribution in [0.4, 0.5) is 0 Å². The zero-order valence-corrected chi connectivity index (χ0v) is 42.5. The molecule has 0 aromatic carbocycles. The highest BCUT2D eigenvalue weighted by atomic mass is 16.6. The second kappa shape index (κ2) is 53.2. The summed E-state index contributed by atoms with van der Waals surface area (Å²) < 4.78 is 16.8. The van der Waals surface area contributed by atoms with E-state index in [1.807, 2.05) is 0 Å². The molecule has 0 heterocycles. The Bertz CT molecular complexity index is 1270. The summed E-state index contributed by atoms with van der Waals surface area (Å²) in [6.07, 6.45) is 68.4. The molecule has 0 bridgehead atoms. The van der Waals surface area contributed by atoms with Crippen molar-refractivity contribution < 1.29 is 28.6 Å². The Kier molecular flexibility index (Phi) is 50.4. The summed E-state index contributed by atoms with van der Waals surface area (Å²) in [4.78, 5) is 38.0. The molecule has 0 aliphatic heterocycles. The molecule has 0 unspecified atom stereocenters. The molecule has 6 nitrogen and oxygen atoms in total. The molecule has 0 rings (SSSR count). The molecule has 0 spiro atoms. The highest BCUT2D eigenvalue weighted by Gasteiger charge is 2.19. The third kappa shape index (κ3) is 51.4. The van der Waals surface area contributed by atoms with Crippen LogP contribution in [0.2, 0.25) is 0 Å². The number of carbonyl (C=O) groups is 3. The first-order valence-electron chi connectivity index (χ1n) is 27.1. The molecule has 0 aromatic heterocycles. The maximum Gasteiger partial charge on any atom is 0.306 e. The summed E-state index contributed by atoms with van der Waals surface area (Å²) in [5, 5.41) is 0. The Morgan fingerprint density at radius 3 is 0.908 bits per heavy atom. The molecular weight excluding hydrogens is 805 g/mol. The molecule has 65 heavy (non-hydrogen) atoms. The molecule has 0 saturated carbocycles. The minimum Gasteiger partial charge on any atom is -0.462 e. The number of esters is 3. The monoisotopic (exact) mass is 905 g/mol. The van der Waals surface area contributed by atoms with Gasteiger partial charge < -0.3 is 14.2 Å². The lowest BCUT2D eigenvalue weighted by Crippen LogP contribution is -2.30. The van der Waals surface area contributed by atoms with E-state index in [9.17, 15) is 14.4 Å². The van der Waals surface area contributed by atoms with Gasteiger partial charge in [-0.05, 0) is 109 Å². The Morgan fingerprint density at radius 1 is 0.308 bits per heavy atom. The molecule has 1 atom stereocenters. The molecular formula is C59H100O6. The van der Waals surface area contributed by atoms with Crippen LogP contribution >= 0.6 is 0 Å². The van der Waals surface area contributed by atoms with Gasteiger partial charge in [-0.3, -0.25) is 14.4 Å². The molecule has 372 valence electrons. The smallest absolute Gasteiger partial charge is 0.306 e. The van der Waals surface area contributed by atoms with Gasteiger partial charge in [0, 0.05) is 19.3 Å². The summed E-state index contributed by atoms with van der Waals surface area (Å²) in [7, 11) is 0. The van der Waals surface area contributed by atoms with Gasteiger partial charge in [0.05, 0.1) is 0 Å². The van der Waals surface area contributed by atoms with E-state index in [4.69, 9.17) is 14.2 Å². The van der Waals surface area contributed by atoms with Crippen molar-refractivity contribution in [1.82, 2.24) is 0 Å². The van der Waals surface area contributed by atoms with E-state index in [-0.39, 0.29) is 31.1 Å². The fourth-order valence-electron chi connectivity index (χ4n) is 7.19. The van der Waals surface area contributed by atoms with Gasteiger partial charge in [-0.1, -0.05) is 209 Å². The highest BCUT2D eigenvalue weighted by molar-refractivity contribution is 5.71. The minimum absolute atomic E-state index is 0.0943. The average molecular weight is 905 g/mol. The first-order chi connectivity index (χ1) is 32.0. The van der Waals surface area contributed by atoms with E-state index in [1.54, 1.807) is 0 Å². The van der Waals surface area contributed by atoms with Crippen LogP contribution < -0.4 is 0 Å². The number of ether oxygens (including phenoxy) is 3. The van der Waals surface area contributed by atoms with Gasteiger partial charge in [-0.15, -0.1) is 0 Å². The molecule has 0 N–H and O–H groups in total. The van der Waals surface area contributed by atoms with Crippen LogP contribution in [0.25, 0.3) is 0 Å². The van der Waals surface area contributed by atoms with Crippen LogP contribution in [0.15, 0.2) is 85.1 Å². The molecule has 0 aromatic rings. The lowest BCUT2D eigenvalue weighted by molar-refractivity contribution is -0.167. The summed E-state index contributed by atoms with van der Waals surface area (Å²) in [5.74, 6) is -0.933. The first kappa shape index (κ1) is 61.6. The Morgan fingerprint density at radius 2 is 0.569 bits per heavy atom. The van der Waals surface area contributed by atoms with Crippen molar-refractivity contribution in [1.29, 1.82) is 0 Å². The zero-order chi connectivity index (χ0) is 47.2. The fourth-order valence-corrected chi connectivity index (χ4v) is 7.19. The maximum absolute atomic E-state index is 12.8. The molecule has 0 amide bonds. The highest BCUT2D eigenvalue weighted by Crippen LogP contribution is 2.13. The second-order valence-electron chi connectivity index (χ2n) is 17.8. The average Bonchev–Trinajstić information content (AvgIpc) is 3.30. The predicted molar refractivity (Wildman–Crippen MR) is 279 cm³/mol. The first-order valence-corrected chi connectivity index (χ1v) is 27.1. The van der Waals surface area contributed by atoms with E-state index in [2.05, 4.69) is 106 Å². The molecule has 0 radical (unpaired) electrons. The molecule has 0 aliphatic carbocycles. The lowest BCUT2D eigenvalue weighted by atomic mass is 10.1. The van der Waals surface area contributed by atoms with E-state index in [0.717, 1.165) is 128 Å². The topological polar surface area (TPSA) is 78.9 Å². The normalized spacial score (nSPS) is 12.7. The van der Waals surface area contributed by atoms with Crippen molar-refractivity contribution in [3.8, 4) is 0 Å². The summed E-state index contributed by atoms with van der Waals surface area (Å²) >= 11 is 0. The summed E-state index contributed by atoms with van der Waals surface area (Å²) in [6.45, 7) is 6.49. The van der Waals surface area contributed by atoms with Crippen molar-refractivity contribution in [3.05, 3.63) is 85.1 Å². The molecule has 0 aliphatic rings. The van der Waals surface area contributed by atoms with Gasteiger partial charge in [0.25, 0.3) is 0 Å². The SMILES string of the molecule is CCCC/C=C\C/C=C\CCCCCCCC(=O)OC[C@H](COC(=O)CCCCCCCC/C=C\C/C=C\C/C=C\CCCCC)OC(=O)CCCCCCC/C=C\C/C=C\CCCC. The predicted octanol–water partition coefficient (Wildman–Crippen LogP) is 18.0. The van der Waals surface area contributed by atoms with Crippen LogP contribution in [0.1, 0.15) is 252 Å². The number of allylic oxidation sites excluding steroid dienone is 14. The van der Waals surface area contributed by atoms with Crippen LogP contribution in [0, 0.1) is 0 Å². The minimum atomic E-state index is -0.795. The molecule has 6 heteroatoms. The van der Waals surface area contributed by atoms with Crippen LogP contribution in [-0.4, -0.2) is 37.2 Å². The number of hydrogen-bond acceptors (Lipinski definition) is 6. The summed E-state index contributed by atoms with van der Waals surface area (Å²) in [6, 6.07) is 0. The van der Waals surface area contributed by atoms with E-state index in [0.29, 0.717) is 19.3 Å². The zero-order valence-electron chi connectivity index (χ0n) is 42.5. The molecule has 0 fully saturated rings. The lowest BCUT2D eigenvalue weighted by Gasteiger charge is -2.18. The molecule has 0 saturated heterocycles. The number of rotatable bonds is 48. The van der Waals surface area contributed by atoms with Gasteiger partial charge >= 0.3 is 17.9 Å². The van der Waals surface area contributed by atoms with Crippen molar-refractivity contribution in [2.45, 2.75) is 258 Å². The van der Waals surface area contributed by atoms with Gasteiger partial charge in [0.15, 0.2) is 6.10 Å². The largest absolute Gasteiger partial charge is 0.462 e. The third-order valence-corrected chi connectivity index (χ3v) is 11.3. The van der Waals surface area contributed by atoms with E-state index >= 15 is 0 Å². The number of unbranched alkanes of at least 4 members (excludes halogenated alkanes) is 23. The van der Waals surface area contributed by atoms with Crippen LogP contribution in [0.3, 0.4) is 0 Å². The van der Waals surface area contributed by atoms with Crippen LogP contribution in [-0.2, 0) is 28.6 Å². The third-order valence-electron chi connectivity index (χ3n) is 11.3. The number of hydrogen-bond donors (Lipinski definition) is 0. The Hall–Kier alpha value is -3.41.